The summed E-state index contributed by atoms with van der Waals surface area (Å²) in [5.74, 6) is -0.656. The number of unbranched alkanes of at least 4 members (excludes halogenated alkanes) is 20. The Kier molecular flexibility index (Phi) is 38.2. The van der Waals surface area contributed by atoms with E-state index >= 15 is 0 Å². The molecule has 1 rings (SSSR count). The van der Waals surface area contributed by atoms with Crippen LogP contribution in [-0.4, -0.2) is 87.4 Å². The third-order valence-electron chi connectivity index (χ3n) is 12.3. The first kappa shape index (κ1) is 64.0. The van der Waals surface area contributed by atoms with Crippen molar-refractivity contribution >= 4 is 33.4 Å². The minimum atomic E-state index is -4.89. The molecular weight excluding hydrogens is 914 g/mol. The molecule has 2 unspecified atom stereocenters. The zero-order chi connectivity index (χ0) is 50.3. The lowest BCUT2D eigenvalue weighted by atomic mass is 9.90. The molecule has 0 aromatic carbocycles. The van der Waals surface area contributed by atoms with Crippen LogP contribution in [0.4, 0.5) is 0 Å². The fourth-order valence-corrected chi connectivity index (χ4v) is 9.00. The Hall–Kier alpha value is -2.03. The summed E-state index contributed by atoms with van der Waals surface area (Å²) in [5, 5.41) is 20.0. The summed E-state index contributed by atoms with van der Waals surface area (Å²) in [4.78, 5) is 65.5. The van der Waals surface area contributed by atoms with Crippen LogP contribution in [0.1, 0.15) is 207 Å². The van der Waals surface area contributed by atoms with Crippen LogP contribution in [0, 0.1) is 17.8 Å². The fourth-order valence-electron chi connectivity index (χ4n) is 7.85. The van der Waals surface area contributed by atoms with E-state index in [4.69, 9.17) is 28.3 Å². The second kappa shape index (κ2) is 40.6. The van der Waals surface area contributed by atoms with Crippen molar-refractivity contribution in [3.63, 3.8) is 0 Å². The number of phosphoric ester groups is 2. The monoisotopic (exact) mass is 1010 g/mol. The zero-order valence-corrected chi connectivity index (χ0v) is 43.8. The number of phosphoric acid groups is 2. The van der Waals surface area contributed by atoms with Gasteiger partial charge in [0, 0.05) is 18.8 Å². The van der Waals surface area contributed by atoms with Gasteiger partial charge in [-0.15, -0.1) is 0 Å². The van der Waals surface area contributed by atoms with Crippen LogP contribution in [0.15, 0.2) is 36.5 Å². The summed E-state index contributed by atoms with van der Waals surface area (Å²) < 4.78 is 48.0. The number of carbonyl (C=O) groups is 3. The number of aliphatic hydroxyl groups is 2. The van der Waals surface area contributed by atoms with Crippen molar-refractivity contribution in [3.8, 4) is 0 Å². The van der Waals surface area contributed by atoms with Crippen LogP contribution in [0.5, 0.6) is 0 Å². The van der Waals surface area contributed by atoms with Crippen LogP contribution < -0.4 is 0 Å². The van der Waals surface area contributed by atoms with Crippen LogP contribution in [0.2, 0.25) is 0 Å². The molecule has 0 aromatic rings. The number of aliphatic hydroxyl groups excluding tert-OH is 2. The first-order valence-corrected chi connectivity index (χ1v) is 29.2. The molecule has 1 aliphatic rings. The minimum Gasteiger partial charge on any atom is -0.462 e. The van der Waals surface area contributed by atoms with Crippen LogP contribution in [0.3, 0.4) is 0 Å². The van der Waals surface area contributed by atoms with Crippen molar-refractivity contribution in [2.75, 3.05) is 26.4 Å². The van der Waals surface area contributed by atoms with Gasteiger partial charge in [-0.2, -0.15) is 0 Å². The first-order valence-electron chi connectivity index (χ1n) is 26.1. The highest BCUT2D eigenvalue weighted by atomic mass is 31.2. The molecule has 68 heavy (non-hydrogen) atoms. The molecule has 0 fully saturated rings. The van der Waals surface area contributed by atoms with E-state index in [0.29, 0.717) is 32.1 Å². The van der Waals surface area contributed by atoms with Gasteiger partial charge in [0.1, 0.15) is 12.7 Å². The number of allylic oxidation sites excluding steroid dienone is 5. The second-order valence-electron chi connectivity index (χ2n) is 18.7. The summed E-state index contributed by atoms with van der Waals surface area (Å²) >= 11 is 0. The highest BCUT2D eigenvalue weighted by Gasteiger charge is 2.29. The summed E-state index contributed by atoms with van der Waals surface area (Å²) in [6.45, 7) is 3.85. The molecule has 0 saturated carbocycles. The van der Waals surface area contributed by atoms with E-state index in [1.54, 1.807) is 18.2 Å². The van der Waals surface area contributed by atoms with Gasteiger partial charge < -0.3 is 34.4 Å². The van der Waals surface area contributed by atoms with Crippen molar-refractivity contribution in [2.24, 2.45) is 17.8 Å². The number of rotatable bonds is 46. The van der Waals surface area contributed by atoms with Crippen molar-refractivity contribution in [2.45, 2.75) is 225 Å². The lowest BCUT2D eigenvalue weighted by Crippen LogP contribution is -2.29. The van der Waals surface area contributed by atoms with Crippen LogP contribution in [-0.2, 0) is 46.6 Å². The second-order valence-corrected chi connectivity index (χ2v) is 21.4. The number of hydrogen-bond acceptors (Lipinski definition) is 12. The number of ketones is 1. The molecule has 0 amide bonds. The smallest absolute Gasteiger partial charge is 0.462 e. The molecule has 1 aliphatic carbocycles. The van der Waals surface area contributed by atoms with Crippen molar-refractivity contribution in [3.05, 3.63) is 36.5 Å². The number of ether oxygens (including phenoxy) is 2. The number of hydrogen-bond donors (Lipinski definition) is 5. The Labute approximate surface area is 409 Å². The standard InChI is InChI=1S/C51H92O15P2/c1-4-6-25-32-45(52)36-37-48-44(35-38-49(48)54)31-27-23-24-29-34-51(56)66-47(42-65-68(60,61)64-40-46(53)39-63-67(57,58)59)41-62-50(55)33-28-22-20-18-16-14-12-10-8-7-9-11-13-15-17-19-21-26-30-43(3)5-2/h23,27,35-38,43-48,52-53H,4-22,24-26,28-34,39-42H2,1-3H3,(H,60,61)(H2,57,58,59)/b27-23-,37-36+/t43?,44-,45-,46-,47+,48+/m0/s1. The maximum Gasteiger partial charge on any atom is 0.472 e. The lowest BCUT2D eigenvalue weighted by molar-refractivity contribution is -0.161. The molecule has 0 saturated heterocycles. The molecule has 396 valence electrons. The minimum absolute atomic E-state index is 0.00256. The average Bonchev–Trinajstić information content (AvgIpc) is 3.65. The van der Waals surface area contributed by atoms with Gasteiger partial charge in [-0.05, 0) is 50.0 Å². The van der Waals surface area contributed by atoms with E-state index < -0.39 is 72.3 Å². The third kappa shape index (κ3) is 37.8. The summed E-state index contributed by atoms with van der Waals surface area (Å²) in [7, 11) is -9.76. The average molecular weight is 1010 g/mol. The Balaban J connectivity index is 2.41. The maximum atomic E-state index is 12.8. The Morgan fingerprint density at radius 1 is 0.662 bits per heavy atom. The zero-order valence-electron chi connectivity index (χ0n) is 42.0. The SMILES string of the molecule is CCCCC[C@H](O)/C=C/[C@H]1C(=O)C=C[C@@H]1C/C=C\CCCC(=O)O[C@H](COC(=O)CCCCCCCCCCCCCCCCCCCCC(C)CC)COP(=O)(O)OC[C@@H](O)COP(=O)(O)O. The molecule has 5 N–H and O–H groups in total. The van der Waals surface area contributed by atoms with E-state index in [2.05, 4.69) is 25.3 Å². The molecule has 0 heterocycles. The number of carbonyl (C=O) groups excluding carboxylic acids is 3. The maximum absolute atomic E-state index is 12.8. The van der Waals surface area contributed by atoms with Gasteiger partial charge in [-0.1, -0.05) is 192 Å². The fraction of sp³-hybridized carbons (Fsp3) is 0.824. The van der Waals surface area contributed by atoms with Gasteiger partial charge in [0.2, 0.25) is 0 Å². The third-order valence-corrected chi connectivity index (χ3v) is 13.7. The highest BCUT2D eigenvalue weighted by Crippen LogP contribution is 2.44. The van der Waals surface area contributed by atoms with Crippen LogP contribution >= 0.6 is 15.6 Å². The van der Waals surface area contributed by atoms with E-state index in [1.165, 1.54) is 103 Å². The summed E-state index contributed by atoms with van der Waals surface area (Å²) in [6, 6.07) is 0. The first-order chi connectivity index (χ1) is 32.5. The molecule has 7 atom stereocenters. The Bertz CT molecular complexity index is 1500. The van der Waals surface area contributed by atoms with Gasteiger partial charge in [0.05, 0.1) is 25.9 Å². The Morgan fingerprint density at radius 2 is 1.19 bits per heavy atom. The van der Waals surface area contributed by atoms with Gasteiger partial charge in [-0.3, -0.25) is 28.0 Å². The topological polar surface area (TPSA) is 233 Å². The molecule has 0 aliphatic heterocycles. The van der Waals surface area contributed by atoms with Crippen LogP contribution in [0.25, 0.3) is 0 Å². The van der Waals surface area contributed by atoms with E-state index in [0.717, 1.165) is 44.4 Å². The van der Waals surface area contributed by atoms with Gasteiger partial charge in [0.25, 0.3) is 0 Å². The molecular formula is C51H92O15P2. The Morgan fingerprint density at radius 3 is 1.76 bits per heavy atom. The van der Waals surface area contributed by atoms with Gasteiger partial charge in [-0.25, -0.2) is 9.13 Å². The van der Waals surface area contributed by atoms with E-state index in [1.807, 2.05) is 18.2 Å². The van der Waals surface area contributed by atoms with Gasteiger partial charge in [0.15, 0.2) is 11.9 Å². The molecule has 0 aromatic heterocycles. The van der Waals surface area contributed by atoms with Crippen molar-refractivity contribution in [1.82, 2.24) is 0 Å². The predicted octanol–water partition coefficient (Wildman–Crippen LogP) is 11.9. The highest BCUT2D eigenvalue weighted by molar-refractivity contribution is 7.47. The largest absolute Gasteiger partial charge is 0.472 e. The molecule has 17 heteroatoms. The van der Waals surface area contributed by atoms with E-state index in [-0.39, 0.29) is 30.5 Å². The van der Waals surface area contributed by atoms with Crippen molar-refractivity contribution in [1.29, 1.82) is 0 Å². The molecule has 0 bridgehead atoms. The molecule has 0 spiro atoms. The molecule has 0 radical (unpaired) electrons. The summed E-state index contributed by atoms with van der Waals surface area (Å²) in [6.07, 6.45) is 37.6. The predicted molar refractivity (Wildman–Crippen MR) is 266 cm³/mol. The lowest BCUT2D eigenvalue weighted by Gasteiger charge is -2.20. The molecule has 15 nitrogen and oxygen atoms in total. The van der Waals surface area contributed by atoms with Crippen molar-refractivity contribution < 1.29 is 71.5 Å². The quantitative estimate of drug-likeness (QED) is 0.0165. The van der Waals surface area contributed by atoms with E-state index in [9.17, 15) is 38.6 Å². The normalized spacial score (nSPS) is 18.0. The number of esters is 2. The summed E-state index contributed by atoms with van der Waals surface area (Å²) in [5.41, 5.74) is 0. The van der Waals surface area contributed by atoms with Gasteiger partial charge >= 0.3 is 27.6 Å².